The van der Waals surface area contributed by atoms with Gasteiger partial charge >= 0.3 is 6.18 Å². The van der Waals surface area contributed by atoms with E-state index in [1.807, 2.05) is 13.8 Å². The van der Waals surface area contributed by atoms with E-state index in [0.29, 0.717) is 12.0 Å². The third-order valence-corrected chi connectivity index (χ3v) is 3.90. The Kier molecular flexibility index (Phi) is 5.45. The Morgan fingerprint density at radius 2 is 2.05 bits per heavy atom. The monoisotopic (exact) mass is 318 g/mol. The second-order valence-corrected chi connectivity index (χ2v) is 6.27. The summed E-state index contributed by atoms with van der Waals surface area (Å²) in [6, 6.07) is 3.18. The number of nitrogens with zero attached hydrogens (tertiary/aromatic N) is 1. The van der Waals surface area contributed by atoms with Crippen molar-refractivity contribution < 1.29 is 17.6 Å². The van der Waals surface area contributed by atoms with E-state index in [9.17, 15) is 17.6 Å². The maximum absolute atomic E-state index is 13.2. The van der Waals surface area contributed by atoms with E-state index in [0.717, 1.165) is 32.1 Å². The van der Waals surface area contributed by atoms with E-state index >= 15 is 0 Å². The van der Waals surface area contributed by atoms with E-state index in [2.05, 4.69) is 10.2 Å². The van der Waals surface area contributed by atoms with Gasteiger partial charge in [-0.2, -0.15) is 13.2 Å². The van der Waals surface area contributed by atoms with Crippen LogP contribution in [0.5, 0.6) is 0 Å². The van der Waals surface area contributed by atoms with Crippen LogP contribution in [-0.4, -0.2) is 30.6 Å². The first-order valence-corrected chi connectivity index (χ1v) is 7.57. The van der Waals surface area contributed by atoms with E-state index in [-0.39, 0.29) is 18.2 Å². The summed E-state index contributed by atoms with van der Waals surface area (Å²) in [6.45, 7) is 6.68. The lowest BCUT2D eigenvalue weighted by Crippen LogP contribution is -2.39. The maximum atomic E-state index is 13.2. The highest BCUT2D eigenvalue weighted by atomic mass is 19.4. The zero-order valence-electron chi connectivity index (χ0n) is 12.9. The molecule has 0 saturated carbocycles. The molecule has 0 aromatic heterocycles. The van der Waals surface area contributed by atoms with Crippen molar-refractivity contribution in [3.63, 3.8) is 0 Å². The summed E-state index contributed by atoms with van der Waals surface area (Å²) in [7, 11) is 0. The van der Waals surface area contributed by atoms with Gasteiger partial charge in [0.05, 0.1) is 5.56 Å². The SMILES string of the molecule is CC(C)CN(Cc1ccc(F)cc1C(F)(F)F)[C@@H]1CCNC1. The zero-order valence-corrected chi connectivity index (χ0v) is 12.9. The molecule has 1 atom stereocenters. The summed E-state index contributed by atoms with van der Waals surface area (Å²) >= 11 is 0. The first kappa shape index (κ1) is 17.2. The maximum Gasteiger partial charge on any atom is 0.416 e. The second kappa shape index (κ2) is 6.96. The van der Waals surface area contributed by atoms with Crippen molar-refractivity contribution in [2.45, 2.75) is 39.0 Å². The number of alkyl halides is 3. The topological polar surface area (TPSA) is 15.3 Å². The fourth-order valence-corrected chi connectivity index (χ4v) is 2.93. The molecule has 0 aliphatic carbocycles. The fourth-order valence-electron chi connectivity index (χ4n) is 2.93. The van der Waals surface area contributed by atoms with Crippen molar-refractivity contribution in [3.8, 4) is 0 Å². The molecule has 1 N–H and O–H groups in total. The summed E-state index contributed by atoms with van der Waals surface area (Å²) in [5.41, 5.74) is -0.728. The van der Waals surface area contributed by atoms with E-state index < -0.39 is 17.6 Å². The van der Waals surface area contributed by atoms with Gasteiger partial charge < -0.3 is 5.32 Å². The molecule has 22 heavy (non-hydrogen) atoms. The van der Waals surface area contributed by atoms with Gasteiger partial charge in [0.15, 0.2) is 0 Å². The van der Waals surface area contributed by atoms with Crippen molar-refractivity contribution in [3.05, 3.63) is 35.1 Å². The Bertz CT molecular complexity index is 493. The number of halogens is 4. The zero-order chi connectivity index (χ0) is 16.3. The number of hydrogen-bond acceptors (Lipinski definition) is 2. The third-order valence-electron chi connectivity index (χ3n) is 3.90. The van der Waals surface area contributed by atoms with Crippen LogP contribution in [0.3, 0.4) is 0 Å². The quantitative estimate of drug-likeness (QED) is 0.834. The van der Waals surface area contributed by atoms with Crippen molar-refractivity contribution >= 4 is 0 Å². The minimum atomic E-state index is -4.53. The summed E-state index contributed by atoms with van der Waals surface area (Å²) in [5, 5.41) is 3.24. The molecule has 0 bridgehead atoms. The highest BCUT2D eigenvalue weighted by Gasteiger charge is 2.35. The molecule has 0 spiro atoms. The molecule has 1 aliphatic rings. The van der Waals surface area contributed by atoms with Crippen LogP contribution in [0.15, 0.2) is 18.2 Å². The molecule has 1 fully saturated rings. The van der Waals surface area contributed by atoms with Gasteiger partial charge in [0.2, 0.25) is 0 Å². The molecule has 2 nitrogen and oxygen atoms in total. The summed E-state index contributed by atoms with van der Waals surface area (Å²) in [6.07, 6.45) is -3.61. The van der Waals surface area contributed by atoms with Crippen LogP contribution in [0.1, 0.15) is 31.4 Å². The Morgan fingerprint density at radius 1 is 1.32 bits per heavy atom. The van der Waals surface area contributed by atoms with Gasteiger partial charge in [0.1, 0.15) is 5.82 Å². The Balaban J connectivity index is 2.25. The van der Waals surface area contributed by atoms with Gasteiger partial charge in [0, 0.05) is 25.7 Å². The number of hydrogen-bond donors (Lipinski definition) is 1. The van der Waals surface area contributed by atoms with Crippen LogP contribution >= 0.6 is 0 Å². The Hall–Kier alpha value is -1.14. The molecule has 0 amide bonds. The lowest BCUT2D eigenvalue weighted by molar-refractivity contribution is -0.138. The van der Waals surface area contributed by atoms with Gasteiger partial charge in [-0.1, -0.05) is 19.9 Å². The first-order chi connectivity index (χ1) is 10.3. The predicted octanol–water partition coefficient (Wildman–Crippen LogP) is 3.66. The van der Waals surface area contributed by atoms with Crippen LogP contribution in [0.4, 0.5) is 17.6 Å². The molecule has 1 aromatic rings. The van der Waals surface area contributed by atoms with Gasteiger partial charge in [-0.05, 0) is 36.6 Å². The molecular weight excluding hydrogens is 296 g/mol. The highest BCUT2D eigenvalue weighted by Crippen LogP contribution is 2.33. The summed E-state index contributed by atoms with van der Waals surface area (Å²) in [4.78, 5) is 2.08. The minimum Gasteiger partial charge on any atom is -0.315 e. The van der Waals surface area contributed by atoms with E-state index in [1.165, 1.54) is 6.07 Å². The van der Waals surface area contributed by atoms with Crippen LogP contribution in [0, 0.1) is 11.7 Å². The largest absolute Gasteiger partial charge is 0.416 e. The molecule has 0 unspecified atom stereocenters. The first-order valence-electron chi connectivity index (χ1n) is 7.57. The standard InChI is InChI=1S/C16H22F4N2/c1-11(2)9-22(14-5-6-21-8-14)10-12-3-4-13(17)7-15(12)16(18,19)20/h3-4,7,11,14,21H,5-6,8-10H2,1-2H3/t14-/m1/s1. The average molecular weight is 318 g/mol. The molecule has 1 aliphatic heterocycles. The van der Waals surface area contributed by atoms with Crippen LogP contribution < -0.4 is 5.32 Å². The summed E-state index contributed by atoms with van der Waals surface area (Å²) in [5.74, 6) is -0.496. The molecular formula is C16H22F4N2. The van der Waals surface area contributed by atoms with Gasteiger partial charge in [-0.25, -0.2) is 4.39 Å². The van der Waals surface area contributed by atoms with Crippen molar-refractivity contribution in [2.24, 2.45) is 5.92 Å². The molecule has 1 heterocycles. The van der Waals surface area contributed by atoms with E-state index in [1.54, 1.807) is 0 Å². The van der Waals surface area contributed by atoms with Gasteiger partial charge in [-0.3, -0.25) is 4.90 Å². The Labute approximate surface area is 128 Å². The van der Waals surface area contributed by atoms with E-state index in [4.69, 9.17) is 0 Å². The molecule has 6 heteroatoms. The van der Waals surface area contributed by atoms with Crippen molar-refractivity contribution in [2.75, 3.05) is 19.6 Å². The number of rotatable bonds is 5. The van der Waals surface area contributed by atoms with Crippen LogP contribution in [0.2, 0.25) is 0 Å². The number of benzene rings is 1. The van der Waals surface area contributed by atoms with Crippen LogP contribution in [-0.2, 0) is 12.7 Å². The molecule has 124 valence electrons. The van der Waals surface area contributed by atoms with Gasteiger partial charge in [0.25, 0.3) is 0 Å². The predicted molar refractivity (Wildman–Crippen MR) is 77.9 cm³/mol. The highest BCUT2D eigenvalue weighted by molar-refractivity contribution is 5.30. The number of nitrogens with one attached hydrogen (secondary N) is 1. The van der Waals surface area contributed by atoms with Gasteiger partial charge in [-0.15, -0.1) is 0 Å². The van der Waals surface area contributed by atoms with Crippen molar-refractivity contribution in [1.29, 1.82) is 0 Å². The molecule has 2 rings (SSSR count). The molecule has 1 saturated heterocycles. The van der Waals surface area contributed by atoms with Crippen molar-refractivity contribution in [1.82, 2.24) is 10.2 Å². The second-order valence-electron chi connectivity index (χ2n) is 6.27. The third kappa shape index (κ3) is 4.43. The lowest BCUT2D eigenvalue weighted by atomic mass is 10.0. The average Bonchev–Trinajstić information content (AvgIpc) is 2.92. The minimum absolute atomic E-state index is 0.140. The normalized spacial score (nSPS) is 19.4. The smallest absolute Gasteiger partial charge is 0.315 e. The lowest BCUT2D eigenvalue weighted by Gasteiger charge is -2.31. The molecule has 1 aromatic carbocycles. The summed E-state index contributed by atoms with van der Waals surface area (Å²) < 4.78 is 52.6. The molecule has 0 radical (unpaired) electrons. The Morgan fingerprint density at radius 3 is 2.59 bits per heavy atom. The van der Waals surface area contributed by atoms with Crippen LogP contribution in [0.25, 0.3) is 0 Å². The fraction of sp³-hybridized carbons (Fsp3) is 0.625.